The third kappa shape index (κ3) is 3.74. The second-order valence-corrected chi connectivity index (χ2v) is 7.57. The number of hydrogen-bond donors (Lipinski definition) is 0. The van der Waals surface area contributed by atoms with Gasteiger partial charge in [0, 0.05) is 36.9 Å². The minimum atomic E-state index is 0.111. The fraction of sp³-hybridized carbons (Fsp3) is 0.286. The Labute approximate surface area is 157 Å². The van der Waals surface area contributed by atoms with Crippen LogP contribution in [-0.4, -0.2) is 29.9 Å². The first-order valence-corrected chi connectivity index (χ1v) is 9.85. The highest BCUT2D eigenvalue weighted by Crippen LogP contribution is 2.27. The van der Waals surface area contributed by atoms with Crippen molar-refractivity contribution >= 4 is 22.9 Å². The molecule has 2 aromatic heterocycles. The Hall–Kier alpha value is -2.37. The van der Waals surface area contributed by atoms with Gasteiger partial charge in [-0.15, -0.1) is 11.3 Å². The standard InChI is InChI=1S/C21H22N2O2S/c24-21(20-7-4-14-26-20)23(18-5-2-1-3-6-18)19-8-11-22(12-9-19)15-17-10-13-25-16-17/h1-7,10,13-14,16,19H,8-9,11-12,15H2. The number of furan rings is 1. The van der Waals surface area contributed by atoms with Crippen molar-refractivity contribution in [3.63, 3.8) is 0 Å². The van der Waals surface area contributed by atoms with Gasteiger partial charge in [-0.05, 0) is 42.5 Å². The maximum Gasteiger partial charge on any atom is 0.268 e. The molecule has 134 valence electrons. The van der Waals surface area contributed by atoms with E-state index in [-0.39, 0.29) is 11.9 Å². The number of piperidine rings is 1. The quantitative estimate of drug-likeness (QED) is 0.659. The lowest BCUT2D eigenvalue weighted by atomic mass is 10.0. The highest BCUT2D eigenvalue weighted by atomic mass is 32.1. The number of carbonyl (C=O) groups excluding carboxylic acids is 1. The van der Waals surface area contributed by atoms with Crippen LogP contribution in [0.1, 0.15) is 28.1 Å². The molecular formula is C21H22N2O2S. The zero-order valence-electron chi connectivity index (χ0n) is 14.6. The molecule has 3 heterocycles. The highest BCUT2D eigenvalue weighted by Gasteiger charge is 2.30. The van der Waals surface area contributed by atoms with Crippen LogP contribution < -0.4 is 4.90 Å². The van der Waals surface area contributed by atoms with E-state index < -0.39 is 0 Å². The van der Waals surface area contributed by atoms with Crippen molar-refractivity contribution in [3.8, 4) is 0 Å². The summed E-state index contributed by atoms with van der Waals surface area (Å²) in [6.45, 7) is 2.88. The van der Waals surface area contributed by atoms with Gasteiger partial charge in [0.15, 0.2) is 0 Å². The molecule has 1 aliphatic rings. The third-order valence-corrected chi connectivity index (χ3v) is 5.75. The number of thiophene rings is 1. The number of anilines is 1. The van der Waals surface area contributed by atoms with Crippen LogP contribution in [0, 0.1) is 0 Å². The van der Waals surface area contributed by atoms with Crippen LogP contribution in [0.4, 0.5) is 5.69 Å². The zero-order chi connectivity index (χ0) is 17.8. The van der Waals surface area contributed by atoms with Gasteiger partial charge in [-0.2, -0.15) is 0 Å². The van der Waals surface area contributed by atoms with Gasteiger partial charge < -0.3 is 9.32 Å². The van der Waals surface area contributed by atoms with Crippen LogP contribution in [0.2, 0.25) is 0 Å². The minimum Gasteiger partial charge on any atom is -0.472 e. The maximum atomic E-state index is 13.2. The molecule has 5 heteroatoms. The van der Waals surface area contributed by atoms with Crippen molar-refractivity contribution < 1.29 is 9.21 Å². The van der Waals surface area contributed by atoms with Gasteiger partial charge in [-0.3, -0.25) is 9.69 Å². The minimum absolute atomic E-state index is 0.111. The SMILES string of the molecule is O=C(c1cccs1)N(c1ccccc1)C1CCN(Cc2ccoc2)CC1. The molecule has 0 radical (unpaired) electrons. The summed E-state index contributed by atoms with van der Waals surface area (Å²) in [5.74, 6) is 0.111. The Bertz CT molecular complexity index is 807. The Kier molecular flexibility index (Phi) is 5.18. The van der Waals surface area contributed by atoms with Gasteiger partial charge in [0.2, 0.25) is 0 Å². The van der Waals surface area contributed by atoms with Crippen LogP contribution in [0.25, 0.3) is 0 Å². The third-order valence-electron chi connectivity index (χ3n) is 4.89. The van der Waals surface area contributed by atoms with Crippen molar-refractivity contribution in [3.05, 3.63) is 76.9 Å². The molecule has 0 bridgehead atoms. The summed E-state index contributed by atoms with van der Waals surface area (Å²) in [5, 5.41) is 1.96. The first kappa shape index (κ1) is 17.1. The molecule has 3 aromatic rings. The largest absolute Gasteiger partial charge is 0.472 e. The van der Waals surface area contributed by atoms with Gasteiger partial charge >= 0.3 is 0 Å². The fourth-order valence-electron chi connectivity index (χ4n) is 3.58. The van der Waals surface area contributed by atoms with E-state index in [1.54, 1.807) is 6.26 Å². The van der Waals surface area contributed by atoms with E-state index in [2.05, 4.69) is 4.90 Å². The molecule has 0 atom stereocenters. The average molecular weight is 366 g/mol. The molecule has 26 heavy (non-hydrogen) atoms. The number of rotatable bonds is 5. The highest BCUT2D eigenvalue weighted by molar-refractivity contribution is 7.12. The number of amides is 1. The molecule has 1 aromatic carbocycles. The fourth-order valence-corrected chi connectivity index (χ4v) is 4.24. The summed E-state index contributed by atoms with van der Waals surface area (Å²) in [5.41, 5.74) is 2.19. The van der Waals surface area contributed by atoms with E-state index in [9.17, 15) is 4.79 Å². The molecule has 1 aliphatic heterocycles. The van der Waals surface area contributed by atoms with Crippen molar-refractivity contribution in [1.82, 2.24) is 4.90 Å². The van der Waals surface area contributed by atoms with Crippen LogP contribution in [0.3, 0.4) is 0 Å². The first-order chi connectivity index (χ1) is 12.8. The number of likely N-dealkylation sites (tertiary alicyclic amines) is 1. The molecule has 0 spiro atoms. The Balaban J connectivity index is 1.49. The number of hydrogen-bond acceptors (Lipinski definition) is 4. The summed E-state index contributed by atoms with van der Waals surface area (Å²) < 4.78 is 5.17. The van der Waals surface area contributed by atoms with Crippen LogP contribution in [0.15, 0.2) is 70.9 Å². The number of para-hydroxylation sites is 1. The summed E-state index contributed by atoms with van der Waals surface area (Å²) in [7, 11) is 0. The van der Waals surface area contributed by atoms with Crippen molar-refractivity contribution in [1.29, 1.82) is 0 Å². The van der Waals surface area contributed by atoms with Crippen molar-refractivity contribution in [2.75, 3.05) is 18.0 Å². The molecule has 1 amide bonds. The molecular weight excluding hydrogens is 344 g/mol. The summed E-state index contributed by atoms with van der Waals surface area (Å²) >= 11 is 1.51. The monoisotopic (exact) mass is 366 g/mol. The topological polar surface area (TPSA) is 36.7 Å². The van der Waals surface area contributed by atoms with Gasteiger partial charge in [-0.25, -0.2) is 0 Å². The normalized spacial score (nSPS) is 15.8. The number of carbonyl (C=O) groups is 1. The van der Waals surface area contributed by atoms with Crippen LogP contribution in [0.5, 0.6) is 0 Å². The molecule has 4 rings (SSSR count). The van der Waals surface area contributed by atoms with E-state index >= 15 is 0 Å². The van der Waals surface area contributed by atoms with Crippen molar-refractivity contribution in [2.24, 2.45) is 0 Å². The van der Waals surface area contributed by atoms with E-state index in [4.69, 9.17) is 4.42 Å². The second-order valence-electron chi connectivity index (χ2n) is 6.63. The van der Waals surface area contributed by atoms with E-state index in [0.717, 1.165) is 43.0 Å². The Morgan fingerprint density at radius 1 is 1.12 bits per heavy atom. The second kappa shape index (κ2) is 7.89. The predicted octanol–water partition coefficient (Wildman–Crippen LogP) is 4.65. The van der Waals surface area contributed by atoms with Crippen LogP contribution >= 0.6 is 11.3 Å². The molecule has 0 aliphatic carbocycles. The lowest BCUT2D eigenvalue weighted by molar-refractivity contribution is 0.0962. The zero-order valence-corrected chi connectivity index (χ0v) is 15.4. The Morgan fingerprint density at radius 2 is 1.92 bits per heavy atom. The van der Waals surface area contributed by atoms with Gasteiger partial charge in [0.05, 0.1) is 17.4 Å². The molecule has 1 fully saturated rings. The predicted molar refractivity (Wildman–Crippen MR) is 105 cm³/mol. The molecule has 0 saturated carbocycles. The smallest absolute Gasteiger partial charge is 0.268 e. The lowest BCUT2D eigenvalue weighted by Gasteiger charge is -2.38. The molecule has 0 unspecified atom stereocenters. The molecule has 0 N–H and O–H groups in total. The van der Waals surface area contributed by atoms with Gasteiger partial charge in [0.25, 0.3) is 5.91 Å². The first-order valence-electron chi connectivity index (χ1n) is 8.97. The van der Waals surface area contributed by atoms with Crippen LogP contribution in [-0.2, 0) is 6.54 Å². The Morgan fingerprint density at radius 3 is 2.58 bits per heavy atom. The molecule has 4 nitrogen and oxygen atoms in total. The number of nitrogens with zero attached hydrogens (tertiary/aromatic N) is 2. The lowest BCUT2D eigenvalue weighted by Crippen LogP contribution is -2.47. The summed E-state index contributed by atoms with van der Waals surface area (Å²) in [4.78, 5) is 18.4. The molecule has 1 saturated heterocycles. The maximum absolute atomic E-state index is 13.2. The summed E-state index contributed by atoms with van der Waals surface area (Å²) in [6.07, 6.45) is 5.48. The van der Waals surface area contributed by atoms with E-state index in [1.165, 1.54) is 16.9 Å². The van der Waals surface area contributed by atoms with Gasteiger partial charge in [0.1, 0.15) is 0 Å². The van der Waals surface area contributed by atoms with Crippen molar-refractivity contribution in [2.45, 2.75) is 25.4 Å². The van der Waals surface area contributed by atoms with E-state index in [0.29, 0.717) is 0 Å². The van der Waals surface area contributed by atoms with Gasteiger partial charge in [-0.1, -0.05) is 24.3 Å². The average Bonchev–Trinajstić information content (AvgIpc) is 3.38. The summed E-state index contributed by atoms with van der Waals surface area (Å²) in [6, 6.07) is 16.1. The van der Waals surface area contributed by atoms with E-state index in [1.807, 2.05) is 65.1 Å². The number of benzene rings is 1.